The molecule has 2 aromatic carbocycles. The van der Waals surface area contributed by atoms with Crippen molar-refractivity contribution in [2.45, 2.75) is 96.7 Å². The number of ether oxygens (including phenoxy) is 3. The van der Waals surface area contributed by atoms with Crippen LogP contribution in [0.2, 0.25) is 0 Å². The molecule has 1 atom stereocenters. The number of hydrogen-bond acceptors (Lipinski definition) is 5. The molecule has 0 N–H and O–H groups in total. The summed E-state index contributed by atoms with van der Waals surface area (Å²) in [5, 5.41) is 0. The van der Waals surface area contributed by atoms with Crippen LogP contribution in [0.15, 0.2) is 61.2 Å². The molecular formula is C33H44O5. The quantitative estimate of drug-likeness (QED) is 0.0773. The lowest BCUT2D eigenvalue weighted by Gasteiger charge is -2.28. The monoisotopic (exact) mass is 520 g/mol. The number of esters is 2. The average Bonchev–Trinajstić information content (AvgIpc) is 2.95. The number of carbonyl (C=O) groups is 2. The molecule has 1 saturated carbocycles. The van der Waals surface area contributed by atoms with Gasteiger partial charge in [-0.15, -0.1) is 0 Å². The summed E-state index contributed by atoms with van der Waals surface area (Å²) in [6, 6.07) is 14.8. The van der Waals surface area contributed by atoms with Gasteiger partial charge in [0.1, 0.15) is 5.75 Å². The van der Waals surface area contributed by atoms with Crippen LogP contribution in [-0.4, -0.2) is 18.5 Å². The number of hydrogen-bond donors (Lipinski definition) is 0. The molecule has 5 heteroatoms. The van der Waals surface area contributed by atoms with Crippen molar-refractivity contribution >= 4 is 11.9 Å². The third-order valence-corrected chi connectivity index (χ3v) is 7.43. The molecule has 2 aromatic rings. The summed E-state index contributed by atoms with van der Waals surface area (Å²) in [6.45, 7) is 8.39. The molecule has 1 unspecified atom stereocenters. The third kappa shape index (κ3) is 9.43. The SMILES string of the molecule is C=CC(=O)OC(OCCCCCCC)c1ccc(C(=O)Oc2ccc(C3CCC(CCC)CC3)cc2)cc1. The van der Waals surface area contributed by atoms with Crippen molar-refractivity contribution in [3.8, 4) is 5.75 Å². The number of rotatable bonds is 15. The second-order valence-corrected chi connectivity index (χ2v) is 10.3. The number of benzene rings is 2. The van der Waals surface area contributed by atoms with E-state index >= 15 is 0 Å². The van der Waals surface area contributed by atoms with Crippen molar-refractivity contribution in [1.29, 1.82) is 0 Å². The van der Waals surface area contributed by atoms with E-state index in [2.05, 4.69) is 32.6 Å². The maximum Gasteiger partial charge on any atom is 0.343 e. The summed E-state index contributed by atoms with van der Waals surface area (Å²) in [6.07, 6.45) is 13.5. The molecule has 0 spiro atoms. The minimum atomic E-state index is -0.846. The summed E-state index contributed by atoms with van der Waals surface area (Å²) < 4.78 is 16.9. The first-order valence-corrected chi connectivity index (χ1v) is 14.4. The summed E-state index contributed by atoms with van der Waals surface area (Å²) in [5.41, 5.74) is 2.40. The van der Waals surface area contributed by atoms with Gasteiger partial charge in [0.15, 0.2) is 0 Å². The van der Waals surface area contributed by atoms with E-state index in [-0.39, 0.29) is 0 Å². The molecule has 0 heterocycles. The lowest BCUT2D eigenvalue weighted by atomic mass is 9.77. The zero-order valence-electron chi connectivity index (χ0n) is 23.2. The lowest BCUT2D eigenvalue weighted by Crippen LogP contribution is -2.14. The largest absolute Gasteiger partial charge is 0.428 e. The first kappa shape index (κ1) is 29.6. The second-order valence-electron chi connectivity index (χ2n) is 10.3. The molecule has 38 heavy (non-hydrogen) atoms. The van der Waals surface area contributed by atoms with E-state index in [1.54, 1.807) is 24.3 Å². The van der Waals surface area contributed by atoms with Gasteiger partial charge in [0.25, 0.3) is 0 Å². The fourth-order valence-corrected chi connectivity index (χ4v) is 5.19. The van der Waals surface area contributed by atoms with Crippen LogP contribution < -0.4 is 4.74 Å². The Hall–Kier alpha value is -2.92. The third-order valence-electron chi connectivity index (χ3n) is 7.43. The highest BCUT2D eigenvalue weighted by Gasteiger charge is 2.22. The maximum absolute atomic E-state index is 12.7. The first-order chi connectivity index (χ1) is 18.5. The molecule has 0 amide bonds. The van der Waals surface area contributed by atoms with Gasteiger partial charge < -0.3 is 14.2 Å². The van der Waals surface area contributed by atoms with Crippen molar-refractivity contribution in [2.24, 2.45) is 5.92 Å². The van der Waals surface area contributed by atoms with Gasteiger partial charge in [-0.05, 0) is 73.8 Å². The van der Waals surface area contributed by atoms with Gasteiger partial charge in [0.05, 0.1) is 12.2 Å². The Balaban J connectivity index is 1.54. The van der Waals surface area contributed by atoms with Crippen LogP contribution >= 0.6 is 0 Å². The summed E-state index contributed by atoms with van der Waals surface area (Å²) in [5.74, 6) is 1.03. The van der Waals surface area contributed by atoms with E-state index in [9.17, 15) is 9.59 Å². The zero-order valence-corrected chi connectivity index (χ0v) is 23.2. The summed E-state index contributed by atoms with van der Waals surface area (Å²) >= 11 is 0. The molecule has 0 bridgehead atoms. The Morgan fingerprint density at radius 3 is 2.21 bits per heavy atom. The van der Waals surface area contributed by atoms with Gasteiger partial charge in [-0.3, -0.25) is 0 Å². The highest BCUT2D eigenvalue weighted by molar-refractivity contribution is 5.91. The van der Waals surface area contributed by atoms with Crippen LogP contribution in [0, 0.1) is 5.92 Å². The Morgan fingerprint density at radius 2 is 1.58 bits per heavy atom. The van der Waals surface area contributed by atoms with E-state index in [1.807, 2.05) is 12.1 Å². The summed E-state index contributed by atoms with van der Waals surface area (Å²) in [7, 11) is 0. The van der Waals surface area contributed by atoms with Gasteiger partial charge >= 0.3 is 11.9 Å². The predicted octanol–water partition coefficient (Wildman–Crippen LogP) is 8.69. The van der Waals surface area contributed by atoms with Crippen LogP contribution in [0.3, 0.4) is 0 Å². The fraction of sp³-hybridized carbons (Fsp3) is 0.515. The molecule has 0 aliphatic heterocycles. The smallest absolute Gasteiger partial charge is 0.343 e. The van der Waals surface area contributed by atoms with E-state index in [0.717, 1.165) is 31.3 Å². The average molecular weight is 521 g/mol. The molecule has 5 nitrogen and oxygen atoms in total. The van der Waals surface area contributed by atoms with E-state index in [0.29, 0.717) is 29.4 Å². The maximum atomic E-state index is 12.7. The van der Waals surface area contributed by atoms with Crippen LogP contribution in [-0.2, 0) is 14.3 Å². The standard InChI is InChI=1S/C33H44O5/c1-4-7-8-9-10-24-36-33(38-31(34)6-3)29-18-16-28(17-19-29)32(35)37-30-22-20-27(21-23-30)26-14-12-25(11-5-2)13-15-26/h6,16-23,25-26,33H,3-5,7-15,24H2,1-2H3. The van der Waals surface area contributed by atoms with Gasteiger partial charge in [-0.2, -0.15) is 0 Å². The zero-order chi connectivity index (χ0) is 27.2. The molecule has 0 radical (unpaired) electrons. The summed E-state index contributed by atoms with van der Waals surface area (Å²) in [4.78, 5) is 24.6. The van der Waals surface area contributed by atoms with E-state index in [1.165, 1.54) is 56.9 Å². The van der Waals surface area contributed by atoms with Crippen LogP contribution in [0.5, 0.6) is 5.75 Å². The minimum absolute atomic E-state index is 0.417. The van der Waals surface area contributed by atoms with E-state index in [4.69, 9.17) is 14.2 Å². The van der Waals surface area contributed by atoms with Gasteiger partial charge in [0.2, 0.25) is 6.29 Å². The molecule has 1 fully saturated rings. The molecule has 3 rings (SSSR count). The first-order valence-electron chi connectivity index (χ1n) is 14.4. The number of unbranched alkanes of at least 4 members (excludes halogenated alkanes) is 4. The Kier molecular flexibility index (Phi) is 12.6. The second kappa shape index (κ2) is 16.1. The van der Waals surface area contributed by atoms with Crippen LogP contribution in [0.25, 0.3) is 0 Å². The van der Waals surface area contributed by atoms with Gasteiger partial charge in [-0.1, -0.05) is 83.2 Å². The normalized spacial score (nSPS) is 17.9. The Morgan fingerprint density at radius 1 is 0.895 bits per heavy atom. The molecule has 206 valence electrons. The molecule has 0 saturated heterocycles. The lowest BCUT2D eigenvalue weighted by molar-refractivity contribution is -0.175. The minimum Gasteiger partial charge on any atom is -0.428 e. The molecule has 1 aliphatic carbocycles. The Bertz CT molecular complexity index is 987. The van der Waals surface area contributed by atoms with Crippen molar-refractivity contribution in [1.82, 2.24) is 0 Å². The topological polar surface area (TPSA) is 61.8 Å². The highest BCUT2D eigenvalue weighted by atomic mass is 16.7. The van der Waals surface area contributed by atoms with Crippen molar-refractivity contribution in [3.05, 3.63) is 77.9 Å². The van der Waals surface area contributed by atoms with Gasteiger partial charge in [0, 0.05) is 11.6 Å². The van der Waals surface area contributed by atoms with Crippen molar-refractivity contribution in [2.75, 3.05) is 6.61 Å². The van der Waals surface area contributed by atoms with Crippen molar-refractivity contribution in [3.63, 3.8) is 0 Å². The van der Waals surface area contributed by atoms with Crippen molar-refractivity contribution < 1.29 is 23.8 Å². The predicted molar refractivity (Wildman–Crippen MR) is 151 cm³/mol. The fourth-order valence-electron chi connectivity index (χ4n) is 5.19. The van der Waals surface area contributed by atoms with Crippen LogP contribution in [0.4, 0.5) is 0 Å². The van der Waals surface area contributed by atoms with Crippen LogP contribution in [0.1, 0.15) is 118 Å². The van der Waals surface area contributed by atoms with E-state index < -0.39 is 18.2 Å². The molecule has 1 aliphatic rings. The van der Waals surface area contributed by atoms with Gasteiger partial charge in [-0.25, -0.2) is 9.59 Å². The highest BCUT2D eigenvalue weighted by Crippen LogP contribution is 2.37. The number of carbonyl (C=O) groups excluding carboxylic acids is 2. The molecule has 0 aromatic heterocycles. The Labute approximate surface area is 228 Å². The molecular weight excluding hydrogens is 476 g/mol.